The molecule has 0 saturated heterocycles. The minimum atomic E-state index is 0. The Morgan fingerprint density at radius 2 is 1.27 bits per heavy atom. The Balaban J connectivity index is 0. The second-order valence-corrected chi connectivity index (χ2v) is 13.9. The third-order valence-corrected chi connectivity index (χ3v) is 6.82. The van der Waals surface area contributed by atoms with Crippen molar-refractivity contribution in [3.8, 4) is 17.6 Å². The van der Waals surface area contributed by atoms with Crippen LogP contribution in [0.2, 0.25) is 0 Å². The van der Waals surface area contributed by atoms with Gasteiger partial charge in [-0.15, -0.1) is 11.3 Å². The summed E-state index contributed by atoms with van der Waals surface area (Å²) in [6, 6.07) is 2.07. The van der Waals surface area contributed by atoms with Crippen molar-refractivity contribution in [1.82, 2.24) is 14.3 Å². The molecule has 0 bridgehead atoms. The molecule has 3 rings (SSSR count). The van der Waals surface area contributed by atoms with Gasteiger partial charge in [-0.25, -0.2) is 4.98 Å². The minimum Gasteiger partial charge on any atom is -0.476 e. The van der Waals surface area contributed by atoms with Gasteiger partial charge in [-0.3, -0.25) is 0 Å². The number of thiazole rings is 1. The van der Waals surface area contributed by atoms with E-state index >= 15 is 0 Å². The number of hydrogen-bond acceptors (Lipinski definition) is 7. The van der Waals surface area contributed by atoms with Crippen molar-refractivity contribution in [2.24, 2.45) is 0 Å². The molecule has 233 valence electrons. The van der Waals surface area contributed by atoms with Crippen molar-refractivity contribution >= 4 is 31.3 Å². The number of rotatable bonds is 7. The van der Waals surface area contributed by atoms with E-state index in [0.29, 0.717) is 5.92 Å². The Morgan fingerprint density at radius 1 is 0.756 bits per heavy atom. The van der Waals surface area contributed by atoms with Gasteiger partial charge in [-0.1, -0.05) is 69.2 Å². The molecule has 0 atom stereocenters. The Labute approximate surface area is 261 Å². The first-order valence-electron chi connectivity index (χ1n) is 14.5. The van der Waals surface area contributed by atoms with Gasteiger partial charge in [0.25, 0.3) is 0 Å². The molecule has 3 radical (unpaired) electrons. The monoisotopic (exact) mass is 606 g/mol. The van der Waals surface area contributed by atoms with E-state index in [2.05, 4.69) is 81.2 Å². The fourth-order valence-electron chi connectivity index (χ4n) is 3.23. The first-order chi connectivity index (χ1) is 18.4. The van der Waals surface area contributed by atoms with Crippen molar-refractivity contribution < 1.29 is 14.2 Å². The van der Waals surface area contributed by atoms with Crippen LogP contribution in [0.3, 0.4) is 0 Å². The SMILES string of the molecule is CC.CC(C)Oc1[nH]ccc1C(C)C.CC(C)Oc1ncsc1C(C)(C)C.CC(C)Oc1nscc1C(C)(C)C.[B]. The van der Waals surface area contributed by atoms with Crippen molar-refractivity contribution in [2.75, 3.05) is 0 Å². The van der Waals surface area contributed by atoms with Gasteiger partial charge in [0.05, 0.1) is 28.7 Å². The molecule has 3 aromatic heterocycles. The number of aromatic amines is 1. The zero-order valence-electron chi connectivity index (χ0n) is 28.6. The maximum Gasteiger partial charge on any atom is 0.229 e. The van der Waals surface area contributed by atoms with Crippen LogP contribution in [0.15, 0.2) is 23.2 Å². The highest BCUT2D eigenvalue weighted by Crippen LogP contribution is 2.34. The molecule has 0 aliphatic heterocycles. The summed E-state index contributed by atoms with van der Waals surface area (Å²) in [6.07, 6.45) is 2.56. The molecule has 0 saturated carbocycles. The van der Waals surface area contributed by atoms with Gasteiger partial charge in [0.2, 0.25) is 11.8 Å². The molecule has 0 aliphatic rings. The van der Waals surface area contributed by atoms with Gasteiger partial charge in [0, 0.05) is 36.5 Å². The lowest BCUT2D eigenvalue weighted by atomic mass is 9.89. The lowest BCUT2D eigenvalue weighted by Crippen LogP contribution is -2.14. The number of ether oxygens (including phenoxy) is 3. The molecular formula is C32H57BN3O3S2. The molecule has 0 fully saturated rings. The highest BCUT2D eigenvalue weighted by atomic mass is 32.1. The summed E-state index contributed by atoms with van der Waals surface area (Å²) in [4.78, 5) is 8.54. The van der Waals surface area contributed by atoms with Crippen LogP contribution in [-0.4, -0.2) is 41.1 Å². The zero-order valence-corrected chi connectivity index (χ0v) is 30.3. The highest BCUT2D eigenvalue weighted by molar-refractivity contribution is 7.10. The quantitative estimate of drug-likeness (QED) is 0.271. The fraction of sp³-hybridized carbons (Fsp3) is 0.688. The number of nitrogens with zero attached hydrogens (tertiary/aromatic N) is 2. The molecule has 3 heterocycles. The van der Waals surface area contributed by atoms with Crippen LogP contribution in [0.4, 0.5) is 0 Å². The largest absolute Gasteiger partial charge is 0.476 e. The van der Waals surface area contributed by atoms with E-state index in [1.807, 2.05) is 67.1 Å². The lowest BCUT2D eigenvalue weighted by Gasteiger charge is -2.19. The molecule has 0 spiro atoms. The summed E-state index contributed by atoms with van der Waals surface area (Å²) >= 11 is 3.12. The Bertz CT molecular complexity index is 1000. The van der Waals surface area contributed by atoms with Crippen LogP contribution in [0.1, 0.15) is 133 Å². The van der Waals surface area contributed by atoms with Gasteiger partial charge < -0.3 is 19.2 Å². The van der Waals surface area contributed by atoms with E-state index in [-0.39, 0.29) is 37.6 Å². The molecule has 0 aromatic carbocycles. The minimum absolute atomic E-state index is 0. The Kier molecular flexibility index (Phi) is 19.3. The molecule has 3 aromatic rings. The first-order valence-corrected chi connectivity index (χ1v) is 16.2. The fourth-order valence-corrected chi connectivity index (χ4v) is 4.89. The van der Waals surface area contributed by atoms with Crippen molar-refractivity contribution in [3.63, 3.8) is 0 Å². The lowest BCUT2D eigenvalue weighted by molar-refractivity contribution is 0.228. The molecule has 9 heteroatoms. The molecule has 41 heavy (non-hydrogen) atoms. The van der Waals surface area contributed by atoms with E-state index in [9.17, 15) is 0 Å². The van der Waals surface area contributed by atoms with Gasteiger partial charge in [-0.2, -0.15) is 4.37 Å². The average Bonchev–Trinajstić information content (AvgIpc) is 3.55. The van der Waals surface area contributed by atoms with E-state index in [1.54, 1.807) is 11.3 Å². The van der Waals surface area contributed by atoms with Gasteiger partial charge in [-0.05, 0) is 70.5 Å². The normalized spacial score (nSPS) is 11.1. The first kappa shape index (κ1) is 41.1. The van der Waals surface area contributed by atoms with Gasteiger partial charge in [0.15, 0.2) is 5.88 Å². The summed E-state index contributed by atoms with van der Waals surface area (Å²) in [5, 5.41) is 2.07. The predicted molar refractivity (Wildman–Crippen MR) is 181 cm³/mol. The van der Waals surface area contributed by atoms with E-state index in [4.69, 9.17) is 14.2 Å². The maximum absolute atomic E-state index is 5.61. The Hall–Kier alpha value is -2.00. The number of H-pyrrole nitrogens is 1. The summed E-state index contributed by atoms with van der Waals surface area (Å²) in [5.74, 6) is 3.03. The smallest absolute Gasteiger partial charge is 0.229 e. The van der Waals surface area contributed by atoms with E-state index in [0.717, 1.165) is 17.6 Å². The summed E-state index contributed by atoms with van der Waals surface area (Å²) < 4.78 is 21.1. The van der Waals surface area contributed by atoms with Crippen LogP contribution in [-0.2, 0) is 10.8 Å². The van der Waals surface area contributed by atoms with Crippen LogP contribution >= 0.6 is 22.9 Å². The number of hydrogen-bond donors (Lipinski definition) is 1. The van der Waals surface area contributed by atoms with Crippen molar-refractivity contribution in [3.05, 3.63) is 39.2 Å². The summed E-state index contributed by atoms with van der Waals surface area (Å²) in [7, 11) is 0. The number of aromatic nitrogens is 3. The van der Waals surface area contributed by atoms with Crippen LogP contribution in [0, 0.1) is 0 Å². The van der Waals surface area contributed by atoms with Gasteiger partial charge in [0.1, 0.15) is 0 Å². The third-order valence-electron chi connectivity index (χ3n) is 4.97. The second-order valence-electron chi connectivity index (χ2n) is 12.4. The standard InChI is InChI=1S/2C10H17NOS.C10H17NO.C2H6.B/c1-7(2)12-9-8(10(3,4)5)13-6-11-9;1-7(2)12-9-8(6-13-11-9)10(3,4)5;1-7(2)9-5-6-11-10(9)12-8(3)4;1-2;/h2*6-7H,1-5H3;5-8,11H,1-4H3;1-2H3;. The average molecular weight is 607 g/mol. The molecular weight excluding hydrogens is 549 g/mol. The van der Waals surface area contributed by atoms with Crippen LogP contribution in [0.25, 0.3) is 0 Å². The molecule has 6 nitrogen and oxygen atoms in total. The topological polar surface area (TPSA) is 69.3 Å². The van der Waals surface area contributed by atoms with Crippen molar-refractivity contribution in [1.29, 1.82) is 0 Å². The third kappa shape index (κ3) is 15.7. The molecule has 0 unspecified atom stereocenters. The van der Waals surface area contributed by atoms with E-state index < -0.39 is 0 Å². The van der Waals surface area contributed by atoms with Crippen LogP contribution in [0.5, 0.6) is 17.6 Å². The van der Waals surface area contributed by atoms with Gasteiger partial charge >= 0.3 is 0 Å². The zero-order chi connectivity index (χ0) is 31.3. The molecule has 1 N–H and O–H groups in total. The number of nitrogens with one attached hydrogen (secondary N) is 1. The summed E-state index contributed by atoms with van der Waals surface area (Å²) in [6.45, 7) is 33.5. The maximum atomic E-state index is 5.61. The summed E-state index contributed by atoms with van der Waals surface area (Å²) in [5.41, 5.74) is 4.55. The van der Waals surface area contributed by atoms with Crippen LogP contribution < -0.4 is 14.2 Å². The van der Waals surface area contributed by atoms with E-state index in [1.165, 1.54) is 27.5 Å². The second kappa shape index (κ2) is 19.2. The molecule has 0 amide bonds. The predicted octanol–water partition coefficient (Wildman–Crippen LogP) is 10.0. The van der Waals surface area contributed by atoms with Crippen molar-refractivity contribution in [2.45, 2.75) is 146 Å². The molecule has 0 aliphatic carbocycles. The highest BCUT2D eigenvalue weighted by Gasteiger charge is 2.23. The Morgan fingerprint density at radius 3 is 1.71 bits per heavy atom.